The second-order valence-electron chi connectivity index (χ2n) is 7.26. The molecule has 156 valence electrons. The van der Waals surface area contributed by atoms with Gasteiger partial charge < -0.3 is 10.1 Å². The van der Waals surface area contributed by atoms with Gasteiger partial charge in [0, 0.05) is 31.8 Å². The molecule has 0 saturated carbocycles. The third kappa shape index (κ3) is 4.08. The first-order chi connectivity index (χ1) is 15.3. The van der Waals surface area contributed by atoms with E-state index in [9.17, 15) is 4.79 Å². The Morgan fingerprint density at radius 3 is 2.71 bits per heavy atom. The molecule has 5 heterocycles. The molecule has 31 heavy (non-hydrogen) atoms. The number of carbonyl (C=O) groups is 1. The maximum atomic E-state index is 13.0. The summed E-state index contributed by atoms with van der Waals surface area (Å²) < 4.78 is 7.38. The van der Waals surface area contributed by atoms with Crippen LogP contribution in [0.2, 0.25) is 0 Å². The monoisotopic (exact) mass is 415 g/mol. The first-order valence-electron chi connectivity index (χ1n) is 10.1. The Morgan fingerprint density at radius 2 is 1.94 bits per heavy atom. The fourth-order valence-corrected chi connectivity index (χ4v) is 3.61. The lowest BCUT2D eigenvalue weighted by Gasteiger charge is -2.22. The van der Waals surface area contributed by atoms with Gasteiger partial charge in [0.2, 0.25) is 0 Å². The zero-order valence-electron chi connectivity index (χ0n) is 16.7. The zero-order valence-corrected chi connectivity index (χ0v) is 16.7. The molecule has 9 heteroatoms. The molecule has 9 nitrogen and oxygen atoms in total. The minimum atomic E-state index is -0.315. The SMILES string of the molecule is O=C(Nc1cn(C2CCOCC2)nc1-c1ccccn1)c1cccc(-c2ccn[nH]2)n1. The summed E-state index contributed by atoms with van der Waals surface area (Å²) in [6, 6.07) is 13.0. The average molecular weight is 415 g/mol. The van der Waals surface area contributed by atoms with Crippen LogP contribution in [-0.4, -0.2) is 49.1 Å². The molecule has 0 spiro atoms. The fraction of sp³-hybridized carbons (Fsp3) is 0.227. The summed E-state index contributed by atoms with van der Waals surface area (Å²) in [6.07, 6.45) is 6.99. The van der Waals surface area contributed by atoms with Crippen LogP contribution in [0.5, 0.6) is 0 Å². The van der Waals surface area contributed by atoms with Gasteiger partial charge in [-0.2, -0.15) is 10.2 Å². The number of hydrogen-bond acceptors (Lipinski definition) is 6. The van der Waals surface area contributed by atoms with Crippen molar-refractivity contribution in [3.8, 4) is 22.8 Å². The molecule has 1 aliphatic heterocycles. The zero-order chi connectivity index (χ0) is 21.0. The van der Waals surface area contributed by atoms with E-state index in [1.165, 1.54) is 0 Å². The number of nitrogens with zero attached hydrogens (tertiary/aromatic N) is 5. The number of aromatic amines is 1. The van der Waals surface area contributed by atoms with Gasteiger partial charge in [-0.1, -0.05) is 12.1 Å². The van der Waals surface area contributed by atoms with Crippen LogP contribution in [0.4, 0.5) is 5.69 Å². The summed E-state index contributed by atoms with van der Waals surface area (Å²) in [5, 5.41) is 14.5. The van der Waals surface area contributed by atoms with Gasteiger partial charge in [-0.25, -0.2) is 4.98 Å². The number of carbonyl (C=O) groups excluding carboxylic acids is 1. The molecule has 1 amide bonds. The normalized spacial score (nSPS) is 14.5. The van der Waals surface area contributed by atoms with Crippen LogP contribution in [0.25, 0.3) is 22.8 Å². The topological polar surface area (TPSA) is 111 Å². The van der Waals surface area contributed by atoms with Crippen molar-refractivity contribution in [2.24, 2.45) is 0 Å². The van der Waals surface area contributed by atoms with Gasteiger partial charge in [0.05, 0.1) is 28.8 Å². The third-order valence-electron chi connectivity index (χ3n) is 5.21. The summed E-state index contributed by atoms with van der Waals surface area (Å²) in [4.78, 5) is 21.9. The van der Waals surface area contributed by atoms with E-state index in [1.54, 1.807) is 30.6 Å². The number of ether oxygens (including phenoxy) is 1. The quantitative estimate of drug-likeness (QED) is 0.517. The van der Waals surface area contributed by atoms with Gasteiger partial charge in [0.1, 0.15) is 11.4 Å². The van der Waals surface area contributed by atoms with Gasteiger partial charge in [-0.05, 0) is 43.2 Å². The number of anilines is 1. The number of H-pyrrole nitrogens is 1. The number of aromatic nitrogens is 6. The Hall–Kier alpha value is -3.85. The molecule has 5 rings (SSSR count). The minimum absolute atomic E-state index is 0.226. The molecular formula is C22H21N7O2. The molecule has 2 N–H and O–H groups in total. The maximum absolute atomic E-state index is 13.0. The Morgan fingerprint density at radius 1 is 1.06 bits per heavy atom. The van der Waals surface area contributed by atoms with E-state index in [0.29, 0.717) is 41.7 Å². The highest BCUT2D eigenvalue weighted by Gasteiger charge is 2.22. The van der Waals surface area contributed by atoms with Crippen molar-refractivity contribution in [1.82, 2.24) is 29.9 Å². The van der Waals surface area contributed by atoms with Crippen molar-refractivity contribution in [2.75, 3.05) is 18.5 Å². The van der Waals surface area contributed by atoms with Crippen LogP contribution in [0.15, 0.2) is 61.1 Å². The lowest BCUT2D eigenvalue weighted by molar-refractivity contribution is 0.0663. The highest BCUT2D eigenvalue weighted by atomic mass is 16.5. The molecule has 0 aliphatic carbocycles. The molecule has 4 aromatic rings. The molecule has 0 unspecified atom stereocenters. The van der Waals surface area contributed by atoms with Crippen LogP contribution < -0.4 is 5.32 Å². The fourth-order valence-electron chi connectivity index (χ4n) is 3.61. The van der Waals surface area contributed by atoms with E-state index in [-0.39, 0.29) is 11.9 Å². The van der Waals surface area contributed by atoms with Gasteiger partial charge in [-0.3, -0.25) is 19.6 Å². The maximum Gasteiger partial charge on any atom is 0.274 e. The summed E-state index contributed by atoms with van der Waals surface area (Å²) >= 11 is 0. The van der Waals surface area contributed by atoms with Gasteiger partial charge in [0.25, 0.3) is 5.91 Å². The first-order valence-corrected chi connectivity index (χ1v) is 10.1. The van der Waals surface area contributed by atoms with Crippen molar-refractivity contribution >= 4 is 11.6 Å². The van der Waals surface area contributed by atoms with Crippen LogP contribution >= 0.6 is 0 Å². The van der Waals surface area contributed by atoms with Gasteiger partial charge in [-0.15, -0.1) is 0 Å². The molecule has 0 atom stereocenters. The molecule has 1 fully saturated rings. The lowest BCUT2D eigenvalue weighted by Crippen LogP contribution is -2.20. The highest BCUT2D eigenvalue weighted by Crippen LogP contribution is 2.29. The molecule has 0 aromatic carbocycles. The smallest absolute Gasteiger partial charge is 0.274 e. The predicted octanol–water partition coefficient (Wildman–Crippen LogP) is 3.33. The average Bonchev–Trinajstić information content (AvgIpc) is 3.51. The van der Waals surface area contributed by atoms with Gasteiger partial charge >= 0.3 is 0 Å². The second kappa shape index (κ2) is 8.49. The highest BCUT2D eigenvalue weighted by molar-refractivity contribution is 6.04. The van der Waals surface area contributed by atoms with Crippen molar-refractivity contribution in [2.45, 2.75) is 18.9 Å². The van der Waals surface area contributed by atoms with E-state index in [0.717, 1.165) is 18.5 Å². The molecular weight excluding hydrogens is 394 g/mol. The van der Waals surface area contributed by atoms with E-state index in [1.807, 2.05) is 35.1 Å². The molecule has 4 aromatic heterocycles. The molecule has 0 radical (unpaired) electrons. The lowest BCUT2D eigenvalue weighted by atomic mass is 10.1. The number of rotatable bonds is 5. The number of nitrogens with one attached hydrogen (secondary N) is 2. The number of hydrogen-bond donors (Lipinski definition) is 2. The first kappa shape index (κ1) is 19.1. The van der Waals surface area contributed by atoms with Crippen LogP contribution in [0.3, 0.4) is 0 Å². The Labute approximate surface area is 178 Å². The van der Waals surface area contributed by atoms with Crippen molar-refractivity contribution in [1.29, 1.82) is 0 Å². The standard InChI is InChI=1S/C22H21N7O2/c30-22(19-6-3-5-16(25-19)17-7-11-24-27-17)26-20-14-29(15-8-12-31-13-9-15)28-21(20)18-4-1-2-10-23-18/h1-7,10-11,14-15H,8-9,12-13H2,(H,24,27)(H,26,30). The molecule has 1 saturated heterocycles. The van der Waals surface area contributed by atoms with Crippen LogP contribution in [-0.2, 0) is 4.74 Å². The Bertz CT molecular complexity index is 1170. The summed E-state index contributed by atoms with van der Waals surface area (Å²) in [5.41, 5.74) is 3.62. The van der Waals surface area contributed by atoms with Crippen LogP contribution in [0.1, 0.15) is 29.4 Å². The molecule has 0 bridgehead atoms. The van der Waals surface area contributed by atoms with E-state index in [2.05, 4.69) is 25.5 Å². The minimum Gasteiger partial charge on any atom is -0.381 e. The van der Waals surface area contributed by atoms with E-state index >= 15 is 0 Å². The third-order valence-corrected chi connectivity index (χ3v) is 5.21. The largest absolute Gasteiger partial charge is 0.381 e. The Kier molecular flexibility index (Phi) is 5.24. The molecule has 1 aliphatic rings. The van der Waals surface area contributed by atoms with E-state index in [4.69, 9.17) is 9.84 Å². The van der Waals surface area contributed by atoms with E-state index < -0.39 is 0 Å². The number of amides is 1. The van der Waals surface area contributed by atoms with Crippen molar-refractivity contribution in [3.63, 3.8) is 0 Å². The van der Waals surface area contributed by atoms with Crippen LogP contribution in [0, 0.1) is 0 Å². The number of pyridine rings is 2. The summed E-state index contributed by atoms with van der Waals surface area (Å²) in [6.45, 7) is 1.41. The predicted molar refractivity (Wildman–Crippen MR) is 114 cm³/mol. The van der Waals surface area contributed by atoms with Crippen molar-refractivity contribution < 1.29 is 9.53 Å². The summed E-state index contributed by atoms with van der Waals surface area (Å²) in [5.74, 6) is -0.315. The second-order valence-corrected chi connectivity index (χ2v) is 7.26. The van der Waals surface area contributed by atoms with Gasteiger partial charge in [0.15, 0.2) is 0 Å². The summed E-state index contributed by atoms with van der Waals surface area (Å²) in [7, 11) is 0. The Balaban J connectivity index is 1.46. The van der Waals surface area contributed by atoms with Crippen molar-refractivity contribution in [3.05, 3.63) is 66.7 Å².